The molecule has 3 aliphatic heterocycles. The van der Waals surface area contributed by atoms with Crippen LogP contribution in [0.5, 0.6) is 0 Å². The van der Waals surface area contributed by atoms with E-state index in [-0.39, 0.29) is 66.3 Å². The summed E-state index contributed by atoms with van der Waals surface area (Å²) in [5.41, 5.74) is 2.57. The molecule has 57 heavy (non-hydrogen) atoms. The van der Waals surface area contributed by atoms with Crippen LogP contribution in [0, 0.1) is 23.7 Å². The fourth-order valence-electron chi connectivity index (χ4n) is 9.46. The number of amides is 4. The number of hydrogen-bond donors (Lipinski definition) is 3. The molecule has 3 N–H and O–H groups in total. The molecular formula is C44H72N6O7. The highest BCUT2D eigenvalue weighted by atomic mass is 16.5. The molecule has 13 heteroatoms. The Morgan fingerprint density at radius 3 is 2.33 bits per heavy atom. The van der Waals surface area contributed by atoms with E-state index in [1.54, 1.807) is 26.0 Å². The summed E-state index contributed by atoms with van der Waals surface area (Å²) in [5, 5.41) is 9.45. The minimum Gasteiger partial charge on any atom is -0.467 e. The van der Waals surface area contributed by atoms with Gasteiger partial charge in [0, 0.05) is 51.8 Å². The second-order valence-corrected chi connectivity index (χ2v) is 17.6. The van der Waals surface area contributed by atoms with E-state index in [2.05, 4.69) is 40.8 Å². The molecule has 0 bridgehead atoms. The molecule has 1 aromatic rings. The molecule has 2 saturated heterocycles. The van der Waals surface area contributed by atoms with Crippen LogP contribution in [0.1, 0.15) is 105 Å². The molecule has 320 valence electrons. The number of ether oxygens (including phenoxy) is 2. The lowest BCUT2D eigenvalue weighted by Gasteiger charge is -2.41. The number of carbonyl (C=O) groups excluding carboxylic acids is 5. The third kappa shape index (κ3) is 10.7. The summed E-state index contributed by atoms with van der Waals surface area (Å²) in [6, 6.07) is 3.92. The lowest BCUT2D eigenvalue weighted by atomic mass is 9.84. The third-order valence-corrected chi connectivity index (χ3v) is 13.3. The van der Waals surface area contributed by atoms with Gasteiger partial charge in [0.05, 0.1) is 30.7 Å². The van der Waals surface area contributed by atoms with Crippen molar-refractivity contribution in [3.05, 3.63) is 29.3 Å². The number of rotatable bonds is 18. The maximum absolute atomic E-state index is 14.3. The predicted octanol–water partition coefficient (Wildman–Crippen LogP) is 4.41. The highest BCUT2D eigenvalue weighted by Crippen LogP contribution is 2.32. The molecule has 9 atom stereocenters. The van der Waals surface area contributed by atoms with Crippen molar-refractivity contribution >= 4 is 35.3 Å². The van der Waals surface area contributed by atoms with Crippen LogP contribution in [0.15, 0.2) is 18.2 Å². The SMILES string of the molecule is CC[C@H](C)[C@@H]([C@H](C)CC(=O)N1CCC[C@H]1[C@H](OC)C(C)C(=O)N[C@@H](Cc1ccc2c(c1)CCCN2)C(=O)OC)N(C)C(=O)[C@@H](NC(=O)[C@]1(C)CCCN1C)C(C)C. The first-order valence-electron chi connectivity index (χ1n) is 21.3. The Morgan fingerprint density at radius 1 is 1.00 bits per heavy atom. The van der Waals surface area contributed by atoms with Gasteiger partial charge in [-0.1, -0.05) is 60.1 Å². The van der Waals surface area contributed by atoms with Crippen LogP contribution in [0.4, 0.5) is 5.69 Å². The van der Waals surface area contributed by atoms with E-state index < -0.39 is 35.6 Å². The van der Waals surface area contributed by atoms with Crippen molar-refractivity contribution in [1.82, 2.24) is 25.3 Å². The van der Waals surface area contributed by atoms with Gasteiger partial charge in [-0.25, -0.2) is 4.79 Å². The van der Waals surface area contributed by atoms with Crippen LogP contribution in [0.25, 0.3) is 0 Å². The summed E-state index contributed by atoms with van der Waals surface area (Å²) in [6.07, 6.45) is 5.82. The molecule has 1 unspecified atom stereocenters. The summed E-state index contributed by atoms with van der Waals surface area (Å²) in [6.45, 7) is 16.2. The Hall–Kier alpha value is -3.71. The van der Waals surface area contributed by atoms with Crippen molar-refractivity contribution in [3.63, 3.8) is 0 Å². The average molecular weight is 797 g/mol. The Balaban J connectivity index is 1.44. The number of esters is 1. The van der Waals surface area contributed by atoms with E-state index >= 15 is 0 Å². The highest BCUT2D eigenvalue weighted by Gasteiger charge is 2.45. The van der Waals surface area contributed by atoms with Gasteiger partial charge >= 0.3 is 5.97 Å². The van der Waals surface area contributed by atoms with Gasteiger partial charge in [0.2, 0.25) is 23.6 Å². The number of nitrogens with zero attached hydrogens (tertiary/aromatic N) is 3. The monoisotopic (exact) mass is 797 g/mol. The Kier molecular flexibility index (Phi) is 16.4. The van der Waals surface area contributed by atoms with Gasteiger partial charge in [0.25, 0.3) is 0 Å². The number of likely N-dealkylation sites (N-methyl/N-ethyl adjacent to an activating group) is 2. The van der Waals surface area contributed by atoms with Crippen LogP contribution in [-0.2, 0) is 46.3 Å². The maximum Gasteiger partial charge on any atom is 0.328 e. The zero-order valence-electron chi connectivity index (χ0n) is 36.6. The smallest absolute Gasteiger partial charge is 0.328 e. The molecule has 0 radical (unpaired) electrons. The number of fused-ring (bicyclic) bond motifs is 1. The summed E-state index contributed by atoms with van der Waals surface area (Å²) >= 11 is 0. The molecule has 3 heterocycles. The van der Waals surface area contributed by atoms with Crippen molar-refractivity contribution in [3.8, 4) is 0 Å². The topological polar surface area (TPSA) is 150 Å². The van der Waals surface area contributed by atoms with Crippen molar-refractivity contribution in [1.29, 1.82) is 0 Å². The van der Waals surface area contributed by atoms with Crippen molar-refractivity contribution in [2.24, 2.45) is 23.7 Å². The summed E-state index contributed by atoms with van der Waals surface area (Å²) in [7, 11) is 6.63. The molecule has 0 aliphatic carbocycles. The number of aryl methyl sites for hydroxylation is 1. The first-order chi connectivity index (χ1) is 27.0. The van der Waals surface area contributed by atoms with Gasteiger partial charge < -0.3 is 35.2 Å². The number of anilines is 1. The average Bonchev–Trinajstić information content (AvgIpc) is 3.82. The first-order valence-corrected chi connectivity index (χ1v) is 21.3. The fourth-order valence-corrected chi connectivity index (χ4v) is 9.46. The predicted molar refractivity (Wildman–Crippen MR) is 222 cm³/mol. The van der Waals surface area contributed by atoms with Gasteiger partial charge in [-0.2, -0.15) is 0 Å². The second kappa shape index (κ2) is 20.3. The Bertz CT molecular complexity index is 1570. The fraction of sp³-hybridized carbons (Fsp3) is 0.750. The number of nitrogens with one attached hydrogen (secondary N) is 3. The quantitative estimate of drug-likeness (QED) is 0.184. The lowest BCUT2D eigenvalue weighted by molar-refractivity contribution is -0.147. The first kappa shape index (κ1) is 46.0. The lowest BCUT2D eigenvalue weighted by Crippen LogP contribution is -2.60. The molecule has 3 aliphatic rings. The third-order valence-electron chi connectivity index (χ3n) is 13.3. The van der Waals surface area contributed by atoms with Crippen LogP contribution < -0.4 is 16.0 Å². The largest absolute Gasteiger partial charge is 0.467 e. The summed E-state index contributed by atoms with van der Waals surface area (Å²) < 4.78 is 11.1. The molecule has 0 aromatic heterocycles. The number of carbonyl (C=O) groups is 5. The molecule has 4 amide bonds. The zero-order chi connectivity index (χ0) is 42.2. The van der Waals surface area contributed by atoms with Gasteiger partial charge in [-0.3, -0.25) is 24.1 Å². The zero-order valence-corrected chi connectivity index (χ0v) is 36.6. The van der Waals surface area contributed by atoms with E-state index in [1.165, 1.54) is 12.7 Å². The molecule has 0 spiro atoms. The minimum absolute atomic E-state index is 0.0472. The van der Waals surface area contributed by atoms with E-state index in [0.29, 0.717) is 13.0 Å². The van der Waals surface area contributed by atoms with Crippen LogP contribution in [0.3, 0.4) is 0 Å². The second-order valence-electron chi connectivity index (χ2n) is 17.6. The standard InChI is InChI=1S/C44H72N6O7/c1-12-28(4)38(49(9)41(53)37(27(2)3)47-43(55)44(7)20-15-22-48(44)8)29(5)24-36(51)50-23-14-17-35(50)39(56-10)30(6)40(52)46-34(42(54)57-11)26-31-18-19-33-32(25-31)16-13-21-45-33/h18-19,25,27-30,34-35,37-39,45H,12-17,20-24,26H2,1-11H3,(H,46,52)(H,47,55)/t28-,29+,30?,34-,35-,37-,38-,39+,44-/m0/s1. The number of hydrogen-bond acceptors (Lipinski definition) is 9. The Morgan fingerprint density at radius 2 is 1.72 bits per heavy atom. The van der Waals surface area contributed by atoms with Gasteiger partial charge in [-0.05, 0) is 94.0 Å². The molecule has 13 nitrogen and oxygen atoms in total. The van der Waals surface area contributed by atoms with E-state index in [0.717, 1.165) is 62.9 Å². The normalized spacial score (nSPS) is 23.3. The van der Waals surface area contributed by atoms with Gasteiger partial charge in [0.1, 0.15) is 12.1 Å². The minimum atomic E-state index is -0.882. The van der Waals surface area contributed by atoms with Gasteiger partial charge in [0.15, 0.2) is 0 Å². The highest BCUT2D eigenvalue weighted by molar-refractivity contribution is 5.92. The van der Waals surface area contributed by atoms with Crippen LogP contribution in [-0.4, -0.2) is 128 Å². The molecule has 4 rings (SSSR count). The van der Waals surface area contributed by atoms with Crippen molar-refractivity contribution < 1.29 is 33.4 Å². The molecule has 1 aromatic carbocycles. The number of methoxy groups -OCH3 is 2. The van der Waals surface area contributed by atoms with Gasteiger partial charge in [-0.15, -0.1) is 0 Å². The van der Waals surface area contributed by atoms with E-state index in [1.807, 2.05) is 51.8 Å². The maximum atomic E-state index is 14.3. The number of likely N-dealkylation sites (tertiary alicyclic amines) is 2. The Labute approximate surface area is 341 Å². The molecule has 0 saturated carbocycles. The van der Waals surface area contributed by atoms with E-state index in [9.17, 15) is 24.0 Å². The van der Waals surface area contributed by atoms with Crippen LogP contribution >= 0.6 is 0 Å². The molecule has 2 fully saturated rings. The number of benzene rings is 1. The van der Waals surface area contributed by atoms with Crippen LogP contribution in [0.2, 0.25) is 0 Å². The molecular weight excluding hydrogens is 725 g/mol. The van der Waals surface area contributed by atoms with Crippen molar-refractivity contribution in [2.45, 2.75) is 142 Å². The van der Waals surface area contributed by atoms with E-state index in [4.69, 9.17) is 9.47 Å². The van der Waals surface area contributed by atoms with Crippen molar-refractivity contribution in [2.75, 3.05) is 53.3 Å². The summed E-state index contributed by atoms with van der Waals surface area (Å²) in [5.74, 6) is -2.10. The summed E-state index contributed by atoms with van der Waals surface area (Å²) in [4.78, 5) is 74.5.